The molecule has 1 aromatic heterocycles. The van der Waals surface area contributed by atoms with Crippen molar-refractivity contribution in [2.24, 2.45) is 5.92 Å². The molecule has 2 aromatic carbocycles. The number of rotatable bonds is 12. The van der Waals surface area contributed by atoms with Crippen LogP contribution >= 0.6 is 0 Å². The van der Waals surface area contributed by atoms with Crippen LogP contribution in [0.1, 0.15) is 84.8 Å². The van der Waals surface area contributed by atoms with Gasteiger partial charge in [-0.05, 0) is 81.7 Å². The second-order valence-corrected chi connectivity index (χ2v) is 14.0. The number of nitrogens with one attached hydrogen (secondary N) is 1. The molecule has 1 fully saturated rings. The molecule has 0 saturated carbocycles. The average Bonchev–Trinajstić information content (AvgIpc) is 2.95. The van der Waals surface area contributed by atoms with Gasteiger partial charge in [0, 0.05) is 42.5 Å². The molecule has 0 bridgehead atoms. The van der Waals surface area contributed by atoms with Crippen molar-refractivity contribution < 1.29 is 41.0 Å². The second kappa shape index (κ2) is 14.6. The van der Waals surface area contributed by atoms with E-state index in [2.05, 4.69) is 10.3 Å². The number of aliphatic carboxylic acids is 1. The van der Waals surface area contributed by atoms with E-state index in [1.807, 2.05) is 19.1 Å². The molecule has 8 nitrogen and oxygen atoms in total. The number of alkyl halides is 4. The highest BCUT2D eigenvalue weighted by atomic mass is 19.4. The number of hydrogen-bond donors (Lipinski definition) is 2. The highest BCUT2D eigenvalue weighted by molar-refractivity contribution is 5.82. The molecule has 0 radical (unpaired) electrons. The second-order valence-electron chi connectivity index (χ2n) is 14.0. The fourth-order valence-corrected chi connectivity index (χ4v) is 6.83. The number of aromatic nitrogens is 2. The topological polar surface area (TPSA) is 105 Å². The Morgan fingerprint density at radius 3 is 2.14 bits per heavy atom. The summed E-state index contributed by atoms with van der Waals surface area (Å²) in [6.07, 6.45) is -5.45. The zero-order valence-electron chi connectivity index (χ0n) is 29.1. The maximum absolute atomic E-state index is 16.5. The van der Waals surface area contributed by atoms with Gasteiger partial charge in [-0.1, -0.05) is 31.5 Å². The predicted octanol–water partition coefficient (Wildman–Crippen LogP) is 6.95. The summed E-state index contributed by atoms with van der Waals surface area (Å²) < 4.78 is 89.0. The molecule has 2 N–H and O–H groups in total. The van der Waals surface area contributed by atoms with Gasteiger partial charge in [-0.25, -0.2) is 18.0 Å². The predicted molar refractivity (Wildman–Crippen MR) is 176 cm³/mol. The highest BCUT2D eigenvalue weighted by Crippen LogP contribution is 2.38. The van der Waals surface area contributed by atoms with Gasteiger partial charge in [0.25, 0.3) is 0 Å². The zero-order chi connectivity index (χ0) is 37.5. The first-order valence-corrected chi connectivity index (χ1v) is 16.3. The van der Waals surface area contributed by atoms with Gasteiger partial charge in [-0.15, -0.1) is 0 Å². The standard InChI is InChI=1S/C36H42F6N4O4/c1-18(2)10-26(46-15-23(8-9-45-16-35(7,39)17-45)32(36(40,41)42)44-34(46)50)33(49)43-25(14-27(47)48)29-30(37)22(6)13-24(31(29)38)28-20(4)11-19(3)12-21(28)5/h11-13,15,18,25-26H,8-10,14,16-17H2,1-7H3,(H,43,49)(H,47,48)/t25-,26-/m0/s1. The number of likely N-dealkylation sites (tertiary alicyclic amines) is 1. The van der Waals surface area contributed by atoms with Gasteiger partial charge in [0.2, 0.25) is 5.91 Å². The fraction of sp³-hybridized carbons (Fsp3) is 0.500. The molecule has 4 rings (SSSR count). The summed E-state index contributed by atoms with van der Waals surface area (Å²) in [4.78, 5) is 44.0. The Bertz CT molecular complexity index is 1820. The van der Waals surface area contributed by atoms with Gasteiger partial charge in [0.15, 0.2) is 5.69 Å². The summed E-state index contributed by atoms with van der Waals surface area (Å²) in [5.74, 6) is -5.02. The SMILES string of the molecule is Cc1cc(C)c(-c2cc(C)c(F)c([C@H](CC(=O)O)NC(=O)[C@H](CC(C)C)n3cc(CCN4CC(C)(F)C4)c(C(F)(F)F)nc3=O)c2F)c(C)c1. The Hall–Kier alpha value is -4.20. The first-order valence-electron chi connectivity index (χ1n) is 16.3. The molecule has 2 atom stereocenters. The molecule has 2 heterocycles. The Kier molecular flexibility index (Phi) is 11.2. The van der Waals surface area contributed by atoms with Crippen molar-refractivity contribution in [1.82, 2.24) is 19.8 Å². The molecule has 3 aromatic rings. The lowest BCUT2D eigenvalue weighted by molar-refractivity contribution is -0.142. The van der Waals surface area contributed by atoms with Crippen molar-refractivity contribution >= 4 is 11.9 Å². The summed E-state index contributed by atoms with van der Waals surface area (Å²) in [6.45, 7) is 11.6. The molecule has 0 unspecified atom stereocenters. The molecule has 1 amide bonds. The molecule has 1 aliphatic heterocycles. The maximum Gasteiger partial charge on any atom is 0.433 e. The van der Waals surface area contributed by atoms with E-state index in [0.29, 0.717) is 16.7 Å². The van der Waals surface area contributed by atoms with Crippen LogP contribution in [0, 0.1) is 45.2 Å². The summed E-state index contributed by atoms with van der Waals surface area (Å²) in [5, 5.41) is 12.2. The Labute approximate surface area is 286 Å². The quantitative estimate of drug-likeness (QED) is 0.198. The van der Waals surface area contributed by atoms with E-state index < -0.39 is 76.4 Å². The molecule has 14 heteroatoms. The summed E-state index contributed by atoms with van der Waals surface area (Å²) in [5.41, 5.74) is -2.66. The summed E-state index contributed by atoms with van der Waals surface area (Å²) >= 11 is 0. The summed E-state index contributed by atoms with van der Waals surface area (Å²) in [7, 11) is 0. The van der Waals surface area contributed by atoms with Crippen molar-refractivity contribution in [2.45, 2.75) is 91.7 Å². The lowest BCUT2D eigenvalue weighted by atomic mass is 9.88. The van der Waals surface area contributed by atoms with Gasteiger partial charge in [0.1, 0.15) is 23.3 Å². The molecular weight excluding hydrogens is 666 g/mol. The van der Waals surface area contributed by atoms with Crippen molar-refractivity contribution in [3.8, 4) is 11.1 Å². The van der Waals surface area contributed by atoms with Crippen LogP contribution in [-0.4, -0.2) is 56.7 Å². The van der Waals surface area contributed by atoms with Gasteiger partial charge in [-0.3, -0.25) is 19.1 Å². The van der Waals surface area contributed by atoms with Crippen LogP contribution in [0.3, 0.4) is 0 Å². The minimum absolute atomic E-state index is 0.000321. The monoisotopic (exact) mass is 708 g/mol. The average molecular weight is 709 g/mol. The number of carbonyl (C=O) groups excluding carboxylic acids is 1. The van der Waals surface area contributed by atoms with Crippen molar-refractivity contribution in [3.63, 3.8) is 0 Å². The number of carboxylic acid groups (broad SMARTS) is 1. The zero-order valence-corrected chi connectivity index (χ0v) is 29.1. The van der Waals surface area contributed by atoms with E-state index in [1.54, 1.807) is 32.6 Å². The van der Waals surface area contributed by atoms with Gasteiger partial charge >= 0.3 is 17.8 Å². The highest BCUT2D eigenvalue weighted by Gasteiger charge is 2.41. The van der Waals surface area contributed by atoms with Crippen LogP contribution in [0.15, 0.2) is 29.2 Å². The number of carbonyl (C=O) groups is 2. The third-order valence-corrected chi connectivity index (χ3v) is 8.84. The van der Waals surface area contributed by atoms with Gasteiger partial charge in [0.05, 0.1) is 12.5 Å². The van der Waals surface area contributed by atoms with Crippen molar-refractivity contribution in [3.05, 3.63) is 85.6 Å². The molecule has 1 aliphatic rings. The van der Waals surface area contributed by atoms with Gasteiger partial charge < -0.3 is 10.4 Å². The number of hydrogen-bond acceptors (Lipinski definition) is 5. The smallest absolute Gasteiger partial charge is 0.433 e. The Morgan fingerprint density at radius 1 is 1.02 bits per heavy atom. The molecule has 0 aliphatic carbocycles. The maximum atomic E-state index is 16.5. The van der Waals surface area contributed by atoms with Crippen LogP contribution < -0.4 is 11.0 Å². The van der Waals surface area contributed by atoms with E-state index in [9.17, 15) is 37.1 Å². The summed E-state index contributed by atoms with van der Waals surface area (Å²) in [6, 6.07) is 1.65. The first kappa shape index (κ1) is 38.6. The number of amides is 1. The van der Waals surface area contributed by atoms with Crippen LogP contribution in [0.25, 0.3) is 11.1 Å². The Morgan fingerprint density at radius 2 is 1.62 bits per heavy atom. The minimum atomic E-state index is -5.01. The van der Waals surface area contributed by atoms with Crippen molar-refractivity contribution in [1.29, 1.82) is 0 Å². The molecule has 0 spiro atoms. The Balaban J connectivity index is 1.79. The number of nitrogens with zero attached hydrogens (tertiary/aromatic N) is 3. The number of carboxylic acids is 1. The third kappa shape index (κ3) is 8.56. The van der Waals surface area contributed by atoms with E-state index in [4.69, 9.17) is 0 Å². The minimum Gasteiger partial charge on any atom is -0.481 e. The van der Waals surface area contributed by atoms with Crippen LogP contribution in [0.4, 0.5) is 26.3 Å². The molecular formula is C36H42F6N4O4. The van der Waals surface area contributed by atoms with Crippen LogP contribution in [0.2, 0.25) is 0 Å². The lowest BCUT2D eigenvalue weighted by Gasteiger charge is -2.42. The number of aryl methyl sites for hydroxylation is 4. The largest absolute Gasteiger partial charge is 0.481 e. The van der Waals surface area contributed by atoms with Crippen LogP contribution in [0.5, 0.6) is 0 Å². The third-order valence-electron chi connectivity index (χ3n) is 8.84. The molecule has 1 saturated heterocycles. The van der Waals surface area contributed by atoms with Crippen LogP contribution in [-0.2, 0) is 22.2 Å². The van der Waals surface area contributed by atoms with E-state index in [-0.39, 0.29) is 49.5 Å². The normalized spacial score (nSPS) is 15.9. The van der Waals surface area contributed by atoms with E-state index >= 15 is 8.78 Å². The van der Waals surface area contributed by atoms with E-state index in [0.717, 1.165) is 16.3 Å². The van der Waals surface area contributed by atoms with Gasteiger partial charge in [-0.2, -0.15) is 18.2 Å². The molecule has 50 heavy (non-hydrogen) atoms. The number of halogens is 6. The van der Waals surface area contributed by atoms with Crippen molar-refractivity contribution in [2.75, 3.05) is 19.6 Å². The molecule has 272 valence electrons. The fourth-order valence-electron chi connectivity index (χ4n) is 6.83. The first-order chi connectivity index (χ1) is 23.1. The number of benzene rings is 2. The lowest BCUT2D eigenvalue weighted by Crippen LogP contribution is -2.57. The van der Waals surface area contributed by atoms with E-state index in [1.165, 1.54) is 19.9 Å².